The van der Waals surface area contributed by atoms with Crippen LogP contribution in [0.1, 0.15) is 110 Å². The third-order valence-electron chi connectivity index (χ3n) is 5.66. The van der Waals surface area contributed by atoms with E-state index in [0.717, 1.165) is 12.8 Å². The minimum absolute atomic E-state index is 0.00617. The van der Waals surface area contributed by atoms with Gasteiger partial charge in [0.1, 0.15) is 10.0 Å². The molecule has 1 aromatic rings. The van der Waals surface area contributed by atoms with Crippen LogP contribution in [0.15, 0.2) is 0 Å². The summed E-state index contributed by atoms with van der Waals surface area (Å²) in [4.78, 5) is 12.0. The summed E-state index contributed by atoms with van der Waals surface area (Å²) in [6.45, 7) is 2.78. The normalized spacial score (nSPS) is 11.1. The smallest absolute Gasteiger partial charge is 0.407 e. The van der Waals surface area contributed by atoms with Crippen molar-refractivity contribution in [1.82, 2.24) is 5.32 Å². The van der Waals surface area contributed by atoms with Crippen molar-refractivity contribution in [1.29, 1.82) is 0 Å². The number of rotatable bonds is 18. The number of carbonyl (C=O) groups is 1. The molecule has 0 aliphatic heterocycles. The third kappa shape index (κ3) is 13.0. The van der Waals surface area contributed by atoms with Crippen molar-refractivity contribution in [3.05, 3.63) is 25.1 Å². The molecule has 33 heavy (non-hydrogen) atoms. The average molecular weight is 562 g/mol. The molecule has 1 N–H and O–H groups in total. The Kier molecular flexibility index (Phi) is 18.0. The number of ether oxygens (including phenoxy) is 1. The van der Waals surface area contributed by atoms with Gasteiger partial charge in [-0.1, -0.05) is 161 Å². The Labute approximate surface area is 225 Å². The zero-order valence-corrected chi connectivity index (χ0v) is 23.5. The molecule has 0 fully saturated rings. The van der Waals surface area contributed by atoms with Gasteiger partial charge in [0.25, 0.3) is 0 Å². The lowest BCUT2D eigenvalue weighted by Gasteiger charge is -2.13. The predicted molar refractivity (Wildman–Crippen MR) is 145 cm³/mol. The monoisotopic (exact) mass is 559 g/mol. The van der Waals surface area contributed by atoms with Gasteiger partial charge >= 0.3 is 6.09 Å². The zero-order chi connectivity index (χ0) is 24.5. The van der Waals surface area contributed by atoms with E-state index in [0.29, 0.717) is 6.54 Å². The number of amides is 1. The summed E-state index contributed by atoms with van der Waals surface area (Å²) in [7, 11) is 0. The fourth-order valence-corrected chi connectivity index (χ4v) is 4.86. The quantitative estimate of drug-likeness (QED) is 0.110. The van der Waals surface area contributed by atoms with Gasteiger partial charge in [0.2, 0.25) is 0 Å². The summed E-state index contributed by atoms with van der Waals surface area (Å²) >= 11 is 30.0. The van der Waals surface area contributed by atoms with Crippen LogP contribution in [-0.4, -0.2) is 12.6 Å². The fraction of sp³-hybridized carbons (Fsp3) is 0.720. The highest BCUT2D eigenvalue weighted by molar-refractivity contribution is 6.55. The van der Waals surface area contributed by atoms with Crippen molar-refractivity contribution in [2.45, 2.75) is 110 Å². The van der Waals surface area contributed by atoms with E-state index in [1.165, 1.54) is 89.9 Å². The maximum atomic E-state index is 12.0. The van der Waals surface area contributed by atoms with Crippen molar-refractivity contribution in [2.75, 3.05) is 6.54 Å². The second-order valence-electron chi connectivity index (χ2n) is 8.52. The van der Waals surface area contributed by atoms with Crippen LogP contribution in [0, 0.1) is 0 Å². The topological polar surface area (TPSA) is 38.3 Å². The van der Waals surface area contributed by atoms with Crippen molar-refractivity contribution >= 4 is 64.1 Å². The Balaban J connectivity index is 1.99. The number of benzene rings is 1. The number of hydrogen-bond donors (Lipinski definition) is 1. The second kappa shape index (κ2) is 19.2. The van der Waals surface area contributed by atoms with E-state index >= 15 is 0 Å². The predicted octanol–water partition coefficient (Wildman–Crippen LogP) is 11.3. The Morgan fingerprint density at radius 2 is 0.909 bits per heavy atom. The van der Waals surface area contributed by atoms with Gasteiger partial charge in [0, 0.05) is 6.54 Å². The molecule has 0 atom stereocenters. The van der Waals surface area contributed by atoms with Crippen molar-refractivity contribution in [2.24, 2.45) is 0 Å². The summed E-state index contributed by atoms with van der Waals surface area (Å²) in [6, 6.07) is 0. The molecule has 0 spiro atoms. The molecule has 0 radical (unpaired) electrons. The standard InChI is InChI=1S/C25H38Cl5NO2/c1-2-3-4-5-6-7-8-9-10-11-12-13-14-15-16-17-18-31-25(32)33-24-22(29)20(27)19(26)21(28)23(24)30/h2-18H2,1H3,(H,31,32). The van der Waals surface area contributed by atoms with Crippen molar-refractivity contribution in [3.8, 4) is 5.75 Å². The first-order chi connectivity index (χ1) is 15.9. The largest absolute Gasteiger partial charge is 0.412 e. The molecular formula is C25H38Cl5NO2. The summed E-state index contributed by atoms with van der Waals surface area (Å²) in [6.07, 6.45) is 20.2. The minimum atomic E-state index is -0.658. The molecule has 1 rings (SSSR count). The van der Waals surface area contributed by atoms with Gasteiger partial charge in [-0.2, -0.15) is 0 Å². The summed E-state index contributed by atoms with van der Waals surface area (Å²) < 4.78 is 5.18. The number of halogens is 5. The first kappa shape index (κ1) is 31.0. The highest BCUT2D eigenvalue weighted by Gasteiger charge is 2.22. The fourth-order valence-electron chi connectivity index (χ4n) is 3.67. The Morgan fingerprint density at radius 1 is 0.576 bits per heavy atom. The van der Waals surface area contributed by atoms with Gasteiger partial charge in [0.05, 0.1) is 15.1 Å². The van der Waals surface area contributed by atoms with Crippen LogP contribution in [0.5, 0.6) is 5.75 Å². The maximum absolute atomic E-state index is 12.0. The first-order valence-corrected chi connectivity index (χ1v) is 14.3. The van der Waals surface area contributed by atoms with Crippen molar-refractivity contribution < 1.29 is 9.53 Å². The van der Waals surface area contributed by atoms with Gasteiger partial charge in [0.15, 0.2) is 5.75 Å². The van der Waals surface area contributed by atoms with Gasteiger partial charge in [-0.3, -0.25) is 0 Å². The van der Waals surface area contributed by atoms with Crippen LogP contribution in [0.4, 0.5) is 4.79 Å². The molecule has 0 saturated carbocycles. The highest BCUT2D eigenvalue weighted by atomic mass is 35.5. The van der Waals surface area contributed by atoms with Gasteiger partial charge in [-0.25, -0.2) is 4.79 Å². The molecule has 1 aromatic carbocycles. The zero-order valence-electron chi connectivity index (χ0n) is 19.7. The number of hydrogen-bond acceptors (Lipinski definition) is 2. The van der Waals surface area contributed by atoms with E-state index in [1.54, 1.807) is 0 Å². The van der Waals surface area contributed by atoms with E-state index in [4.69, 9.17) is 62.7 Å². The van der Waals surface area contributed by atoms with Crippen molar-refractivity contribution in [3.63, 3.8) is 0 Å². The highest BCUT2D eigenvalue weighted by Crippen LogP contribution is 2.48. The Morgan fingerprint density at radius 3 is 1.30 bits per heavy atom. The molecule has 0 unspecified atom stereocenters. The van der Waals surface area contributed by atoms with E-state index in [2.05, 4.69) is 12.2 Å². The Bertz CT molecular complexity index is 671. The van der Waals surface area contributed by atoms with Crippen LogP contribution >= 0.6 is 58.0 Å². The van der Waals surface area contributed by atoms with E-state index in [9.17, 15) is 4.79 Å². The van der Waals surface area contributed by atoms with Crippen LogP contribution < -0.4 is 10.1 Å². The molecule has 190 valence electrons. The average Bonchev–Trinajstić information content (AvgIpc) is 2.81. The molecule has 0 aliphatic carbocycles. The molecule has 0 aromatic heterocycles. The second-order valence-corrected chi connectivity index (χ2v) is 10.4. The lowest BCUT2D eigenvalue weighted by molar-refractivity contribution is 0.200. The molecular weight excluding hydrogens is 524 g/mol. The maximum Gasteiger partial charge on any atom is 0.412 e. The van der Waals surface area contributed by atoms with Crippen LogP contribution in [0.3, 0.4) is 0 Å². The lowest BCUT2D eigenvalue weighted by atomic mass is 10.0. The molecule has 8 heteroatoms. The molecule has 0 saturated heterocycles. The van der Waals surface area contributed by atoms with Gasteiger partial charge < -0.3 is 10.1 Å². The molecule has 0 aliphatic rings. The minimum Gasteiger partial charge on any atom is -0.407 e. The number of unbranched alkanes of at least 4 members (excludes halogenated alkanes) is 15. The molecule has 0 bridgehead atoms. The SMILES string of the molecule is CCCCCCCCCCCCCCCCCCNC(=O)Oc1c(Cl)c(Cl)c(Cl)c(Cl)c1Cl. The lowest BCUT2D eigenvalue weighted by Crippen LogP contribution is -2.28. The van der Waals surface area contributed by atoms with E-state index in [-0.39, 0.29) is 30.9 Å². The summed E-state index contributed by atoms with van der Waals surface area (Å²) in [5.41, 5.74) is 0. The van der Waals surface area contributed by atoms with Crippen LogP contribution in [0.2, 0.25) is 25.1 Å². The Hall–Kier alpha value is -0.0600. The summed E-state index contributed by atoms with van der Waals surface area (Å²) in [5.74, 6) is -0.0952. The van der Waals surface area contributed by atoms with Crippen LogP contribution in [-0.2, 0) is 0 Å². The molecule has 3 nitrogen and oxygen atoms in total. The summed E-state index contributed by atoms with van der Waals surface area (Å²) in [5, 5.41) is 2.61. The molecule has 1 amide bonds. The van der Waals surface area contributed by atoms with Gasteiger partial charge in [-0.15, -0.1) is 0 Å². The first-order valence-electron chi connectivity index (χ1n) is 12.4. The van der Waals surface area contributed by atoms with Gasteiger partial charge in [-0.05, 0) is 6.42 Å². The third-order valence-corrected chi connectivity index (χ3v) is 7.91. The van der Waals surface area contributed by atoms with E-state index < -0.39 is 6.09 Å². The number of carbonyl (C=O) groups excluding carboxylic acids is 1. The molecule has 0 heterocycles. The van der Waals surface area contributed by atoms with E-state index in [1.807, 2.05) is 0 Å². The van der Waals surface area contributed by atoms with Crippen LogP contribution in [0.25, 0.3) is 0 Å². The number of nitrogens with one attached hydrogen (secondary N) is 1.